The molecule has 1 saturated heterocycles. The van der Waals surface area contributed by atoms with Gasteiger partial charge >= 0.3 is 5.97 Å². The molecule has 6 aliphatic rings. The first-order valence-corrected chi connectivity index (χ1v) is 13.1. The van der Waals surface area contributed by atoms with E-state index in [0.717, 1.165) is 37.7 Å². The van der Waals surface area contributed by atoms with E-state index in [4.69, 9.17) is 9.47 Å². The Morgan fingerprint density at radius 1 is 1.12 bits per heavy atom. The van der Waals surface area contributed by atoms with E-state index in [1.807, 2.05) is 20.8 Å². The third-order valence-electron chi connectivity index (χ3n) is 11.7. The first-order valence-electron chi connectivity index (χ1n) is 13.1. The van der Waals surface area contributed by atoms with Crippen LogP contribution in [0.3, 0.4) is 0 Å². The minimum atomic E-state index is -1.12. The van der Waals surface area contributed by atoms with Gasteiger partial charge in [0.05, 0.1) is 11.5 Å². The lowest BCUT2D eigenvalue weighted by molar-refractivity contribution is -0.184. The SMILES string of the molecule is CC1=C(C)C(=O)O[C@@H]([C@](C)(O)[C@H]2CC[C@H]3[C@H]4C[C@H]5O[C@]56[C@@H](O)C=CC(=O)[C@]6(C)[C@@H]4CC[C@]23C)C1. The molecule has 0 aromatic rings. The van der Waals surface area contributed by atoms with Gasteiger partial charge in [-0.15, -0.1) is 0 Å². The Kier molecular flexibility index (Phi) is 4.61. The van der Waals surface area contributed by atoms with E-state index in [0.29, 0.717) is 23.8 Å². The van der Waals surface area contributed by atoms with Crippen molar-refractivity contribution >= 4 is 11.8 Å². The van der Waals surface area contributed by atoms with Crippen LogP contribution in [0.5, 0.6) is 0 Å². The number of epoxide rings is 1. The fraction of sp³-hybridized carbons (Fsp3) is 0.786. The topological polar surface area (TPSA) is 96.4 Å². The van der Waals surface area contributed by atoms with E-state index in [1.165, 1.54) is 0 Å². The maximum absolute atomic E-state index is 13.3. The monoisotopic (exact) mass is 470 g/mol. The lowest BCUT2D eigenvalue weighted by atomic mass is 9.44. The molecule has 0 aromatic carbocycles. The number of hydrogen-bond donors (Lipinski definition) is 2. The van der Waals surface area contributed by atoms with Gasteiger partial charge in [-0.1, -0.05) is 12.5 Å². The van der Waals surface area contributed by atoms with Crippen molar-refractivity contribution in [3.8, 4) is 0 Å². The number of cyclic esters (lactones) is 1. The van der Waals surface area contributed by atoms with Crippen LogP contribution in [0.25, 0.3) is 0 Å². The molecule has 0 amide bonds. The Morgan fingerprint density at radius 2 is 1.85 bits per heavy atom. The highest BCUT2D eigenvalue weighted by molar-refractivity contribution is 5.98. The number of ether oxygens (including phenoxy) is 2. The standard InChI is InChI=1S/C28H38O6/c1-14-12-22(33-24(31)15(14)2)27(5,32)19-7-6-17-16-13-23-28(34-23)21(30)9-8-20(29)26(28,4)18(16)10-11-25(17,19)3/h8-9,16-19,21-23,30,32H,6-7,10-13H2,1-5H3/t16-,17+,18-,19+,21+,22-,23-,25+,26+,27-,28-/m1/s1. The summed E-state index contributed by atoms with van der Waals surface area (Å²) in [5.41, 5.74) is -1.02. The van der Waals surface area contributed by atoms with Gasteiger partial charge in [-0.25, -0.2) is 4.79 Å². The van der Waals surface area contributed by atoms with Gasteiger partial charge in [0.1, 0.15) is 23.4 Å². The van der Waals surface area contributed by atoms with Gasteiger partial charge in [0, 0.05) is 12.0 Å². The molecule has 2 aliphatic heterocycles. The van der Waals surface area contributed by atoms with Crippen LogP contribution in [-0.4, -0.2) is 51.5 Å². The molecule has 0 bridgehead atoms. The Balaban J connectivity index is 1.31. The third-order valence-corrected chi connectivity index (χ3v) is 11.7. The Bertz CT molecular complexity index is 1030. The van der Waals surface area contributed by atoms with Crippen LogP contribution < -0.4 is 0 Å². The average Bonchev–Trinajstić information content (AvgIpc) is 3.40. The summed E-state index contributed by atoms with van der Waals surface area (Å²) in [7, 11) is 0. The summed E-state index contributed by atoms with van der Waals surface area (Å²) in [5, 5.41) is 22.7. The second kappa shape index (κ2) is 6.83. The Hall–Kier alpha value is -1.50. The van der Waals surface area contributed by atoms with Crippen LogP contribution in [-0.2, 0) is 19.1 Å². The summed E-state index contributed by atoms with van der Waals surface area (Å²) in [6.07, 6.45) is 6.96. The Labute approximate surface area is 201 Å². The molecular weight excluding hydrogens is 432 g/mol. The first kappa shape index (κ1) is 22.9. The van der Waals surface area contributed by atoms with Crippen LogP contribution in [0.1, 0.15) is 73.1 Å². The van der Waals surface area contributed by atoms with Crippen molar-refractivity contribution in [2.75, 3.05) is 0 Å². The molecule has 6 heteroatoms. The van der Waals surface area contributed by atoms with Crippen LogP contribution >= 0.6 is 0 Å². The zero-order valence-corrected chi connectivity index (χ0v) is 21.0. The lowest BCUT2D eigenvalue weighted by Crippen LogP contribution is -2.64. The maximum atomic E-state index is 13.3. The molecule has 0 radical (unpaired) electrons. The molecule has 11 atom stereocenters. The summed E-state index contributed by atoms with van der Waals surface area (Å²) < 4.78 is 12.0. The van der Waals surface area contributed by atoms with Gasteiger partial charge in [0.25, 0.3) is 0 Å². The summed E-state index contributed by atoms with van der Waals surface area (Å²) in [4.78, 5) is 25.7. The van der Waals surface area contributed by atoms with Gasteiger partial charge in [-0.2, -0.15) is 0 Å². The third kappa shape index (κ3) is 2.53. The van der Waals surface area contributed by atoms with Crippen LogP contribution in [0, 0.1) is 34.5 Å². The molecule has 2 N–H and O–H groups in total. The number of carbonyl (C=O) groups excluding carboxylic acids is 2. The molecule has 2 heterocycles. The van der Waals surface area contributed by atoms with E-state index in [1.54, 1.807) is 19.1 Å². The lowest BCUT2D eigenvalue weighted by Gasteiger charge is -2.59. The molecule has 6 rings (SSSR count). The highest BCUT2D eigenvalue weighted by Crippen LogP contribution is 2.73. The number of aliphatic hydroxyl groups is 2. The predicted octanol–water partition coefficient (Wildman–Crippen LogP) is 3.50. The number of ketones is 1. The fourth-order valence-electron chi connectivity index (χ4n) is 9.56. The van der Waals surface area contributed by atoms with Gasteiger partial charge < -0.3 is 19.7 Å². The summed E-state index contributed by atoms with van der Waals surface area (Å²) in [5.74, 6) is 0.651. The number of rotatable bonds is 2. The van der Waals surface area contributed by atoms with Crippen molar-refractivity contribution in [2.45, 2.75) is 103 Å². The highest BCUT2D eigenvalue weighted by Gasteiger charge is 2.80. The minimum absolute atomic E-state index is 0.0158. The van der Waals surface area contributed by atoms with Gasteiger partial charge in [-0.3, -0.25) is 4.79 Å². The second-order valence-corrected chi connectivity index (χ2v) is 12.8. The number of carbonyl (C=O) groups is 2. The molecular formula is C28H38O6. The molecule has 6 nitrogen and oxygen atoms in total. The van der Waals surface area contributed by atoms with E-state index >= 15 is 0 Å². The molecule has 4 fully saturated rings. The van der Waals surface area contributed by atoms with Gasteiger partial charge in [0.2, 0.25) is 0 Å². The Morgan fingerprint density at radius 3 is 2.56 bits per heavy atom. The van der Waals surface area contributed by atoms with Crippen molar-refractivity contribution in [1.82, 2.24) is 0 Å². The van der Waals surface area contributed by atoms with E-state index in [-0.39, 0.29) is 35.1 Å². The number of esters is 1. The van der Waals surface area contributed by atoms with Gasteiger partial charge in [-0.05, 0) is 101 Å². The average molecular weight is 471 g/mol. The fourth-order valence-corrected chi connectivity index (χ4v) is 9.56. The van der Waals surface area contributed by atoms with E-state index < -0.39 is 28.8 Å². The zero-order chi connectivity index (χ0) is 24.4. The molecule has 0 unspecified atom stereocenters. The molecule has 0 aromatic heterocycles. The number of fused-ring (bicyclic) bond motifs is 4. The number of aliphatic hydroxyl groups excluding tert-OH is 1. The molecule has 3 saturated carbocycles. The van der Waals surface area contributed by atoms with Crippen molar-refractivity contribution in [2.24, 2.45) is 34.5 Å². The quantitative estimate of drug-likeness (QED) is 0.474. The predicted molar refractivity (Wildman–Crippen MR) is 125 cm³/mol. The van der Waals surface area contributed by atoms with Crippen molar-refractivity contribution in [3.05, 3.63) is 23.3 Å². The van der Waals surface area contributed by atoms with Crippen LogP contribution in [0.15, 0.2) is 23.3 Å². The van der Waals surface area contributed by atoms with E-state index in [2.05, 4.69) is 6.92 Å². The molecule has 34 heavy (non-hydrogen) atoms. The minimum Gasteiger partial charge on any atom is -0.456 e. The largest absolute Gasteiger partial charge is 0.456 e. The highest BCUT2D eigenvalue weighted by atomic mass is 16.6. The zero-order valence-electron chi connectivity index (χ0n) is 21.0. The number of hydrogen-bond acceptors (Lipinski definition) is 6. The van der Waals surface area contributed by atoms with Crippen molar-refractivity contribution in [1.29, 1.82) is 0 Å². The molecule has 4 aliphatic carbocycles. The molecule has 186 valence electrons. The van der Waals surface area contributed by atoms with Crippen molar-refractivity contribution < 1.29 is 29.3 Å². The summed E-state index contributed by atoms with van der Waals surface area (Å²) in [6.45, 7) is 9.96. The van der Waals surface area contributed by atoms with Gasteiger partial charge in [0.15, 0.2) is 5.78 Å². The second-order valence-electron chi connectivity index (χ2n) is 12.8. The summed E-state index contributed by atoms with van der Waals surface area (Å²) >= 11 is 0. The van der Waals surface area contributed by atoms with E-state index in [9.17, 15) is 19.8 Å². The summed E-state index contributed by atoms with van der Waals surface area (Å²) in [6, 6.07) is 0. The maximum Gasteiger partial charge on any atom is 0.334 e. The van der Waals surface area contributed by atoms with Crippen molar-refractivity contribution in [3.63, 3.8) is 0 Å². The molecule has 1 spiro atoms. The normalized spacial score (nSPS) is 53.3. The van der Waals surface area contributed by atoms with Crippen LogP contribution in [0.2, 0.25) is 0 Å². The van der Waals surface area contributed by atoms with Crippen LogP contribution in [0.4, 0.5) is 0 Å². The first-order chi connectivity index (χ1) is 15.9. The smallest absolute Gasteiger partial charge is 0.334 e. The number of allylic oxidation sites excluding steroid dienone is 1.